The molecule has 0 amide bonds. The third kappa shape index (κ3) is 5.32. The van der Waals surface area contributed by atoms with Crippen LogP contribution in [0, 0.1) is 0 Å². The van der Waals surface area contributed by atoms with E-state index in [1.807, 2.05) is 4.68 Å². The van der Waals surface area contributed by atoms with Crippen molar-refractivity contribution >= 4 is 10.1 Å². The molecule has 0 aromatic carbocycles. The molecule has 88 valence electrons. The molecule has 0 radical (unpaired) electrons. The first-order chi connectivity index (χ1) is 6.68. The number of alkyl halides is 3. The number of hydrogen-bond donors (Lipinski definition) is 1. The number of aromatic nitrogens is 3. The Labute approximate surface area is 83.5 Å². The minimum Gasteiger partial charge on any atom is -0.741 e. The van der Waals surface area contributed by atoms with Gasteiger partial charge in [-0.2, -0.15) is 23.0 Å². The van der Waals surface area contributed by atoms with Gasteiger partial charge in [-0.25, -0.2) is 8.42 Å². The SMILES string of the molecule is CC[n+]1cnc[nH]1.O=S(=O)([O-])C(F)(F)F. The zero-order chi connectivity index (χ0) is 12.1. The van der Waals surface area contributed by atoms with Gasteiger partial charge in [0.2, 0.25) is 6.33 Å². The Balaban J connectivity index is 0.000000262. The molecule has 1 aromatic heterocycles. The van der Waals surface area contributed by atoms with Crippen LogP contribution in [0.3, 0.4) is 0 Å². The zero-order valence-electron chi connectivity index (χ0n) is 7.52. The summed E-state index contributed by atoms with van der Waals surface area (Å²) in [6.45, 7) is 3.01. The van der Waals surface area contributed by atoms with Gasteiger partial charge in [0.15, 0.2) is 10.1 Å². The lowest BCUT2D eigenvalue weighted by Gasteiger charge is -2.08. The Morgan fingerprint density at radius 1 is 1.53 bits per heavy atom. The fourth-order valence-electron chi connectivity index (χ4n) is 0.428. The lowest BCUT2D eigenvalue weighted by atomic mass is 10.8. The van der Waals surface area contributed by atoms with Gasteiger partial charge in [0.05, 0.1) is 0 Å². The summed E-state index contributed by atoms with van der Waals surface area (Å²) in [5.41, 5.74) is -5.65. The van der Waals surface area contributed by atoms with E-state index in [0.29, 0.717) is 0 Å². The van der Waals surface area contributed by atoms with Crippen LogP contribution in [-0.2, 0) is 16.7 Å². The van der Waals surface area contributed by atoms with Crippen LogP contribution in [0.1, 0.15) is 6.92 Å². The highest BCUT2D eigenvalue weighted by Gasteiger charge is 2.36. The summed E-state index contributed by atoms with van der Waals surface area (Å²) in [7, 11) is -6.09. The molecule has 6 nitrogen and oxygen atoms in total. The lowest BCUT2D eigenvalue weighted by molar-refractivity contribution is -0.748. The monoisotopic (exact) mass is 247 g/mol. The third-order valence-corrected chi connectivity index (χ3v) is 1.70. The Kier molecular flexibility index (Phi) is 4.68. The standard InChI is InChI=1S/C4H7N3.CHF3O3S/c1-2-7-4-5-3-6-7;2-1(3,4)8(5,6)7/h3-4H,2H2,1H3;(H,5,6,7). The van der Waals surface area contributed by atoms with Gasteiger partial charge in [-0.05, 0) is 11.9 Å². The Hall–Kier alpha value is -1.16. The summed E-state index contributed by atoms with van der Waals surface area (Å²) in [5.74, 6) is 0. The first-order valence-corrected chi connectivity index (χ1v) is 4.99. The number of rotatable bonds is 1. The molecule has 1 heterocycles. The van der Waals surface area contributed by atoms with Crippen molar-refractivity contribution < 1.29 is 30.8 Å². The second-order valence-corrected chi connectivity index (χ2v) is 3.58. The maximum absolute atomic E-state index is 10.7. The van der Waals surface area contributed by atoms with Gasteiger partial charge in [0.1, 0.15) is 6.54 Å². The van der Waals surface area contributed by atoms with Crippen molar-refractivity contribution in [2.45, 2.75) is 19.0 Å². The molecular weight excluding hydrogens is 239 g/mol. The van der Waals surface area contributed by atoms with E-state index in [1.165, 1.54) is 0 Å². The highest BCUT2D eigenvalue weighted by Crippen LogP contribution is 2.20. The lowest BCUT2D eigenvalue weighted by Crippen LogP contribution is -2.32. The molecule has 0 aliphatic carbocycles. The van der Waals surface area contributed by atoms with Gasteiger partial charge in [-0.15, -0.1) is 0 Å². The van der Waals surface area contributed by atoms with Gasteiger partial charge in [-0.3, -0.25) is 0 Å². The van der Waals surface area contributed by atoms with Gasteiger partial charge < -0.3 is 4.55 Å². The highest BCUT2D eigenvalue weighted by molar-refractivity contribution is 7.86. The van der Waals surface area contributed by atoms with Gasteiger partial charge in [0, 0.05) is 0 Å². The summed E-state index contributed by atoms with van der Waals surface area (Å²) in [6.07, 6.45) is 3.41. The quantitative estimate of drug-likeness (QED) is 0.421. The van der Waals surface area contributed by atoms with Crippen LogP contribution in [0.5, 0.6) is 0 Å². The first-order valence-electron chi connectivity index (χ1n) is 3.58. The summed E-state index contributed by atoms with van der Waals surface area (Å²) in [6, 6.07) is 0. The zero-order valence-corrected chi connectivity index (χ0v) is 8.34. The van der Waals surface area contributed by atoms with Crippen molar-refractivity contribution in [3.63, 3.8) is 0 Å². The van der Waals surface area contributed by atoms with Crippen LogP contribution in [0.2, 0.25) is 0 Å². The van der Waals surface area contributed by atoms with Crippen LogP contribution in [0.25, 0.3) is 0 Å². The van der Waals surface area contributed by atoms with E-state index >= 15 is 0 Å². The van der Waals surface area contributed by atoms with Crippen LogP contribution in [0.15, 0.2) is 12.7 Å². The minimum atomic E-state index is -6.09. The number of nitrogens with one attached hydrogen (secondary N) is 1. The van der Waals surface area contributed by atoms with Crippen LogP contribution < -0.4 is 4.68 Å². The molecule has 1 N–H and O–H groups in total. The topological polar surface area (TPSA) is 89.8 Å². The average molecular weight is 247 g/mol. The van der Waals surface area contributed by atoms with E-state index in [0.717, 1.165) is 6.54 Å². The largest absolute Gasteiger partial charge is 0.741 e. The van der Waals surface area contributed by atoms with Crippen LogP contribution in [0.4, 0.5) is 13.2 Å². The number of aromatic amines is 1. The van der Waals surface area contributed by atoms with E-state index < -0.39 is 15.6 Å². The second kappa shape index (κ2) is 5.07. The van der Waals surface area contributed by atoms with Gasteiger partial charge in [-0.1, -0.05) is 0 Å². The third-order valence-electron chi connectivity index (χ3n) is 1.13. The maximum Gasteiger partial charge on any atom is 0.485 e. The summed E-state index contributed by atoms with van der Waals surface area (Å²) < 4.78 is 60.8. The second-order valence-electron chi connectivity index (χ2n) is 2.21. The molecule has 0 bridgehead atoms. The summed E-state index contributed by atoms with van der Waals surface area (Å²) in [5, 5.41) is 2.89. The summed E-state index contributed by atoms with van der Waals surface area (Å²) >= 11 is 0. The molecule has 0 spiro atoms. The fourth-order valence-corrected chi connectivity index (χ4v) is 0.428. The molecule has 10 heteroatoms. The van der Waals surface area contributed by atoms with E-state index in [1.54, 1.807) is 12.7 Å². The molecular formula is C5H8F3N3O3S. The van der Waals surface area contributed by atoms with Crippen molar-refractivity contribution in [2.75, 3.05) is 0 Å². The fraction of sp³-hybridized carbons (Fsp3) is 0.600. The van der Waals surface area contributed by atoms with Crippen molar-refractivity contribution in [3.8, 4) is 0 Å². The van der Waals surface area contributed by atoms with E-state index in [-0.39, 0.29) is 0 Å². The summed E-state index contributed by atoms with van der Waals surface area (Å²) in [4.78, 5) is 3.80. The molecule has 0 unspecified atom stereocenters. The van der Waals surface area contributed by atoms with Crippen LogP contribution >= 0.6 is 0 Å². The molecule has 1 aromatic rings. The maximum atomic E-state index is 10.7. The van der Waals surface area contributed by atoms with Crippen molar-refractivity contribution in [1.29, 1.82) is 0 Å². The van der Waals surface area contributed by atoms with E-state index in [2.05, 4.69) is 17.0 Å². The number of halogens is 3. The number of aryl methyl sites for hydroxylation is 1. The smallest absolute Gasteiger partial charge is 0.485 e. The number of nitrogens with zero attached hydrogens (tertiary/aromatic N) is 2. The number of hydrogen-bond acceptors (Lipinski definition) is 4. The molecule has 0 atom stereocenters. The predicted octanol–water partition coefficient (Wildman–Crippen LogP) is -0.232. The predicted molar refractivity (Wildman–Crippen MR) is 40.2 cm³/mol. The molecule has 0 fully saturated rings. The van der Waals surface area contributed by atoms with Crippen LogP contribution in [-0.4, -0.2) is 28.6 Å². The Morgan fingerprint density at radius 3 is 2.13 bits per heavy atom. The van der Waals surface area contributed by atoms with E-state index in [9.17, 15) is 13.2 Å². The molecule has 0 saturated heterocycles. The van der Waals surface area contributed by atoms with E-state index in [4.69, 9.17) is 13.0 Å². The Morgan fingerprint density at radius 2 is 2.00 bits per heavy atom. The highest BCUT2D eigenvalue weighted by atomic mass is 32.2. The first kappa shape index (κ1) is 13.8. The van der Waals surface area contributed by atoms with Gasteiger partial charge >= 0.3 is 11.8 Å². The normalized spacial score (nSPS) is 11.8. The molecule has 0 aliphatic heterocycles. The molecule has 15 heavy (non-hydrogen) atoms. The van der Waals surface area contributed by atoms with Crippen molar-refractivity contribution in [3.05, 3.63) is 12.7 Å². The number of H-pyrrole nitrogens is 1. The minimum absolute atomic E-state index is 0.958. The Bertz CT molecular complexity index is 372. The molecule has 0 aliphatic rings. The molecule has 0 saturated carbocycles. The average Bonchev–Trinajstić information content (AvgIpc) is 2.52. The van der Waals surface area contributed by atoms with Gasteiger partial charge in [0.25, 0.3) is 0 Å². The van der Waals surface area contributed by atoms with Crippen molar-refractivity contribution in [2.24, 2.45) is 0 Å². The van der Waals surface area contributed by atoms with Crippen molar-refractivity contribution in [1.82, 2.24) is 10.1 Å². The molecule has 1 rings (SSSR count).